The number of terminal acetylenes is 1. The van der Waals surface area contributed by atoms with Crippen LogP contribution in [0.2, 0.25) is 0 Å². The molecule has 0 fully saturated rings. The van der Waals surface area contributed by atoms with Crippen molar-refractivity contribution in [1.29, 1.82) is 0 Å². The van der Waals surface area contributed by atoms with E-state index in [1.807, 2.05) is 18.2 Å². The van der Waals surface area contributed by atoms with Crippen molar-refractivity contribution in [3.05, 3.63) is 54.0 Å². The molecule has 0 bridgehead atoms. The van der Waals surface area contributed by atoms with Gasteiger partial charge in [0.05, 0.1) is 18.3 Å². The number of benzene rings is 1. The first-order valence-corrected chi connectivity index (χ1v) is 8.71. The Morgan fingerprint density at radius 2 is 2.32 bits per heavy atom. The molecule has 2 heterocycles. The lowest BCUT2D eigenvalue weighted by Crippen LogP contribution is -2.35. The maximum absolute atomic E-state index is 12.3. The molecule has 25 heavy (non-hydrogen) atoms. The highest BCUT2D eigenvalue weighted by molar-refractivity contribution is 7.99. The zero-order chi connectivity index (χ0) is 17.6. The molecule has 7 heteroatoms. The van der Waals surface area contributed by atoms with E-state index in [0.29, 0.717) is 17.1 Å². The molecule has 0 saturated carbocycles. The van der Waals surface area contributed by atoms with Gasteiger partial charge in [0.25, 0.3) is 5.91 Å². The zero-order valence-electron chi connectivity index (χ0n) is 13.4. The summed E-state index contributed by atoms with van der Waals surface area (Å²) in [6.07, 6.45) is 10.4. The van der Waals surface area contributed by atoms with Crippen LogP contribution in [-0.2, 0) is 11.3 Å². The van der Waals surface area contributed by atoms with Crippen LogP contribution in [0.3, 0.4) is 0 Å². The van der Waals surface area contributed by atoms with Crippen LogP contribution in [0, 0.1) is 12.3 Å². The third-order valence-electron chi connectivity index (χ3n) is 3.42. The molecule has 0 aliphatic rings. The number of pyridine rings is 1. The molecule has 126 valence electrons. The number of nitrogens with zero attached hydrogens (tertiary/aromatic N) is 2. The fourth-order valence-corrected chi connectivity index (χ4v) is 2.69. The van der Waals surface area contributed by atoms with Crippen LogP contribution in [0.5, 0.6) is 5.75 Å². The van der Waals surface area contributed by atoms with Gasteiger partial charge >= 0.3 is 0 Å². The summed E-state index contributed by atoms with van der Waals surface area (Å²) in [5.74, 6) is 3.45. The first-order valence-electron chi connectivity index (χ1n) is 7.43. The molecule has 0 aliphatic carbocycles. The Kier molecular flexibility index (Phi) is 5.21. The van der Waals surface area contributed by atoms with Gasteiger partial charge in [-0.05, 0) is 30.5 Å². The monoisotopic (exact) mass is 353 g/mol. The van der Waals surface area contributed by atoms with Crippen LogP contribution in [0.15, 0.2) is 47.2 Å². The molecular weight excluding hydrogens is 338 g/mol. The van der Waals surface area contributed by atoms with Crippen molar-refractivity contribution in [2.24, 2.45) is 0 Å². The summed E-state index contributed by atoms with van der Waals surface area (Å²) in [6, 6.07) is 8.96. The summed E-state index contributed by atoms with van der Waals surface area (Å²) in [5.41, 5.74) is 0.807. The number of carbonyl (C=O) groups excluding carboxylic acids is 1. The second kappa shape index (κ2) is 7.73. The van der Waals surface area contributed by atoms with Crippen LogP contribution in [0.4, 0.5) is 0 Å². The standard InChI is InChI=1S/C18H15N3O3S/c1-3-12-8-13-9-14(4-5-16(13)19-10-12)23-18(25-2)17(22)20-11-15-6-7-21-24-15/h1,4-10,18H,11H2,2H3,(H,20,22). The van der Waals surface area contributed by atoms with Gasteiger partial charge in [0.1, 0.15) is 5.75 Å². The molecule has 1 N–H and O–H groups in total. The van der Waals surface area contributed by atoms with Crippen molar-refractivity contribution in [2.75, 3.05) is 6.26 Å². The summed E-state index contributed by atoms with van der Waals surface area (Å²) >= 11 is 1.29. The van der Waals surface area contributed by atoms with E-state index in [-0.39, 0.29) is 12.5 Å². The van der Waals surface area contributed by atoms with Gasteiger partial charge in [0, 0.05) is 23.2 Å². The van der Waals surface area contributed by atoms with Gasteiger partial charge in [-0.3, -0.25) is 9.78 Å². The molecule has 0 spiro atoms. The third kappa shape index (κ3) is 4.11. The van der Waals surface area contributed by atoms with Crippen LogP contribution in [0.1, 0.15) is 11.3 Å². The highest BCUT2D eigenvalue weighted by Crippen LogP contribution is 2.23. The van der Waals surface area contributed by atoms with E-state index >= 15 is 0 Å². The summed E-state index contributed by atoms with van der Waals surface area (Å²) in [5, 5.41) is 7.20. The second-order valence-electron chi connectivity index (χ2n) is 5.10. The van der Waals surface area contributed by atoms with Crippen molar-refractivity contribution in [2.45, 2.75) is 12.0 Å². The van der Waals surface area contributed by atoms with Gasteiger partial charge in [-0.15, -0.1) is 18.2 Å². The van der Waals surface area contributed by atoms with E-state index < -0.39 is 5.44 Å². The minimum absolute atomic E-state index is 0.250. The van der Waals surface area contributed by atoms with E-state index in [0.717, 1.165) is 10.9 Å². The van der Waals surface area contributed by atoms with Gasteiger partial charge < -0.3 is 14.6 Å². The van der Waals surface area contributed by atoms with Crippen LogP contribution >= 0.6 is 11.8 Å². The molecule has 1 amide bonds. The molecule has 3 rings (SSSR count). The molecule has 0 aliphatic heterocycles. The number of aromatic nitrogens is 2. The topological polar surface area (TPSA) is 77.2 Å². The number of amides is 1. The smallest absolute Gasteiger partial charge is 0.272 e. The summed E-state index contributed by atoms with van der Waals surface area (Å²) in [4.78, 5) is 16.6. The number of nitrogens with one attached hydrogen (secondary N) is 1. The Morgan fingerprint density at radius 3 is 3.04 bits per heavy atom. The van der Waals surface area contributed by atoms with Gasteiger partial charge in [-0.25, -0.2) is 0 Å². The van der Waals surface area contributed by atoms with Crippen LogP contribution in [0.25, 0.3) is 10.9 Å². The number of fused-ring (bicyclic) bond motifs is 1. The average molecular weight is 353 g/mol. The maximum atomic E-state index is 12.3. The van der Waals surface area contributed by atoms with Gasteiger partial charge in [0.15, 0.2) is 5.76 Å². The Labute approximate surface area is 148 Å². The molecule has 0 saturated heterocycles. The van der Waals surface area contributed by atoms with E-state index in [1.54, 1.807) is 24.6 Å². The quantitative estimate of drug-likeness (QED) is 0.542. The molecule has 2 aromatic heterocycles. The lowest BCUT2D eigenvalue weighted by atomic mass is 10.1. The first-order chi connectivity index (χ1) is 12.2. The van der Waals surface area contributed by atoms with Crippen molar-refractivity contribution >= 4 is 28.6 Å². The van der Waals surface area contributed by atoms with Crippen molar-refractivity contribution in [3.63, 3.8) is 0 Å². The largest absolute Gasteiger partial charge is 0.470 e. The Balaban J connectivity index is 1.71. The SMILES string of the molecule is C#Cc1cnc2ccc(OC(SC)C(=O)NCc3ccno3)cc2c1. The molecule has 0 radical (unpaired) electrons. The molecule has 3 aromatic rings. The molecular formula is C18H15N3O3S. The minimum Gasteiger partial charge on any atom is -0.470 e. The fraction of sp³-hybridized carbons (Fsp3) is 0.167. The number of hydrogen-bond acceptors (Lipinski definition) is 6. The Morgan fingerprint density at radius 1 is 1.44 bits per heavy atom. The zero-order valence-corrected chi connectivity index (χ0v) is 14.2. The third-order valence-corrected chi connectivity index (χ3v) is 4.16. The predicted molar refractivity (Wildman–Crippen MR) is 96.0 cm³/mol. The van der Waals surface area contributed by atoms with Crippen molar-refractivity contribution < 1.29 is 14.1 Å². The molecule has 1 aromatic carbocycles. The van der Waals surface area contributed by atoms with Gasteiger partial charge in [-0.2, -0.15) is 0 Å². The molecule has 1 atom stereocenters. The number of rotatable bonds is 6. The molecule has 6 nitrogen and oxygen atoms in total. The summed E-state index contributed by atoms with van der Waals surface area (Å²) in [7, 11) is 0. The lowest BCUT2D eigenvalue weighted by molar-refractivity contribution is -0.124. The van der Waals surface area contributed by atoms with Crippen LogP contribution < -0.4 is 10.1 Å². The predicted octanol–water partition coefficient (Wildman–Crippen LogP) is 2.59. The van der Waals surface area contributed by atoms with E-state index in [2.05, 4.69) is 21.4 Å². The van der Waals surface area contributed by atoms with E-state index in [1.165, 1.54) is 18.0 Å². The highest BCUT2D eigenvalue weighted by atomic mass is 32.2. The summed E-state index contributed by atoms with van der Waals surface area (Å²) in [6.45, 7) is 0.256. The van der Waals surface area contributed by atoms with Crippen molar-refractivity contribution in [1.82, 2.24) is 15.5 Å². The average Bonchev–Trinajstić information content (AvgIpc) is 3.17. The number of hydrogen-bond donors (Lipinski definition) is 1. The normalized spacial score (nSPS) is 11.7. The van der Waals surface area contributed by atoms with Gasteiger partial charge in [-0.1, -0.05) is 11.1 Å². The fourth-order valence-electron chi connectivity index (χ4n) is 2.19. The number of carbonyl (C=O) groups is 1. The second-order valence-corrected chi connectivity index (χ2v) is 6.00. The highest BCUT2D eigenvalue weighted by Gasteiger charge is 2.19. The Bertz CT molecular complexity index is 919. The van der Waals surface area contributed by atoms with Crippen LogP contribution in [-0.4, -0.2) is 27.7 Å². The minimum atomic E-state index is -0.691. The molecule has 1 unspecified atom stereocenters. The van der Waals surface area contributed by atoms with Crippen molar-refractivity contribution in [3.8, 4) is 18.1 Å². The number of ether oxygens (including phenoxy) is 1. The van der Waals surface area contributed by atoms with E-state index in [4.69, 9.17) is 15.7 Å². The Hall–Kier alpha value is -2.98. The van der Waals surface area contributed by atoms with E-state index in [9.17, 15) is 4.79 Å². The number of thioether (sulfide) groups is 1. The van der Waals surface area contributed by atoms with Gasteiger partial charge in [0.2, 0.25) is 5.44 Å². The maximum Gasteiger partial charge on any atom is 0.272 e. The first kappa shape index (κ1) is 16.9. The lowest BCUT2D eigenvalue weighted by Gasteiger charge is -2.16. The summed E-state index contributed by atoms with van der Waals surface area (Å²) < 4.78 is 10.8.